The number of piperazine rings is 1. The summed E-state index contributed by atoms with van der Waals surface area (Å²) < 4.78 is 10.9. The van der Waals surface area contributed by atoms with Crippen LogP contribution in [0.3, 0.4) is 0 Å². The molecule has 2 unspecified atom stereocenters. The zero-order valence-corrected chi connectivity index (χ0v) is 14.3. The number of amides is 1. The zero-order valence-electron chi connectivity index (χ0n) is 13.5. The molecule has 1 aromatic rings. The quantitative estimate of drug-likeness (QED) is 0.911. The topological polar surface area (TPSA) is 50.8 Å². The number of nitrogens with one attached hydrogen (secondary N) is 1. The molecule has 3 rings (SSSR count). The van der Waals surface area contributed by atoms with E-state index < -0.39 is 0 Å². The fourth-order valence-corrected chi connectivity index (χ4v) is 3.33. The summed E-state index contributed by atoms with van der Waals surface area (Å²) in [5, 5.41) is 3.39. The number of ether oxygens (including phenoxy) is 2. The minimum Gasteiger partial charge on any atom is -0.496 e. The van der Waals surface area contributed by atoms with Crippen LogP contribution in [0.5, 0.6) is 5.75 Å². The Bertz CT molecular complexity index is 520. The molecule has 1 amide bonds. The Morgan fingerprint density at radius 2 is 2.26 bits per heavy atom. The second kappa shape index (κ2) is 8.52. The number of hydrogen-bond acceptors (Lipinski definition) is 4. The number of halogens is 1. The standard InChI is InChI=1S/C17H24N2O3.ClH/c1-21-16-5-3-2-4-14(16)15-11-18-7-8-19(15)17(20)10-13-6-9-22-12-13;/h2-5,13,15,18H,6-12H2,1H3;1H. The fraction of sp³-hybridized carbons (Fsp3) is 0.588. The zero-order chi connectivity index (χ0) is 15.4. The van der Waals surface area contributed by atoms with Crippen molar-refractivity contribution >= 4 is 18.3 Å². The van der Waals surface area contributed by atoms with Crippen molar-refractivity contribution < 1.29 is 14.3 Å². The van der Waals surface area contributed by atoms with Gasteiger partial charge in [0.05, 0.1) is 13.2 Å². The second-order valence-corrected chi connectivity index (χ2v) is 5.98. The van der Waals surface area contributed by atoms with Gasteiger partial charge in [0.15, 0.2) is 0 Å². The monoisotopic (exact) mass is 340 g/mol. The SMILES string of the molecule is COc1ccccc1C1CNCCN1C(=O)CC1CCOC1.Cl. The van der Waals surface area contributed by atoms with E-state index in [0.717, 1.165) is 50.6 Å². The largest absolute Gasteiger partial charge is 0.496 e. The van der Waals surface area contributed by atoms with Crippen molar-refractivity contribution in [2.75, 3.05) is 40.0 Å². The summed E-state index contributed by atoms with van der Waals surface area (Å²) in [5.41, 5.74) is 1.08. The van der Waals surface area contributed by atoms with Crippen molar-refractivity contribution in [1.29, 1.82) is 0 Å². The molecule has 1 aromatic carbocycles. The van der Waals surface area contributed by atoms with Gasteiger partial charge in [0.2, 0.25) is 5.91 Å². The van der Waals surface area contributed by atoms with Gasteiger partial charge in [0, 0.05) is 44.8 Å². The first-order chi connectivity index (χ1) is 10.8. The van der Waals surface area contributed by atoms with Crippen LogP contribution >= 0.6 is 12.4 Å². The summed E-state index contributed by atoms with van der Waals surface area (Å²) in [5.74, 6) is 1.45. The average Bonchev–Trinajstić information content (AvgIpc) is 3.07. The molecule has 6 heteroatoms. The molecule has 2 saturated heterocycles. The number of carbonyl (C=O) groups excluding carboxylic acids is 1. The smallest absolute Gasteiger partial charge is 0.223 e. The van der Waals surface area contributed by atoms with Crippen LogP contribution in [-0.4, -0.2) is 50.8 Å². The van der Waals surface area contributed by atoms with Gasteiger partial charge in [-0.05, 0) is 18.4 Å². The normalized spacial score (nSPS) is 24.1. The Morgan fingerprint density at radius 3 is 3.00 bits per heavy atom. The maximum absolute atomic E-state index is 12.7. The molecule has 0 radical (unpaired) electrons. The molecule has 0 spiro atoms. The number of para-hydroxylation sites is 1. The lowest BCUT2D eigenvalue weighted by atomic mass is 9.99. The third-order valence-corrected chi connectivity index (χ3v) is 4.55. The summed E-state index contributed by atoms with van der Waals surface area (Å²) in [7, 11) is 1.68. The second-order valence-electron chi connectivity index (χ2n) is 5.98. The molecule has 1 N–H and O–H groups in total. The van der Waals surface area contributed by atoms with E-state index in [1.54, 1.807) is 7.11 Å². The number of carbonyl (C=O) groups is 1. The van der Waals surface area contributed by atoms with Crippen LogP contribution in [0.4, 0.5) is 0 Å². The molecular weight excluding hydrogens is 316 g/mol. The van der Waals surface area contributed by atoms with Crippen LogP contribution in [0.15, 0.2) is 24.3 Å². The molecule has 23 heavy (non-hydrogen) atoms. The van der Waals surface area contributed by atoms with Gasteiger partial charge >= 0.3 is 0 Å². The molecule has 0 bridgehead atoms. The van der Waals surface area contributed by atoms with E-state index >= 15 is 0 Å². The molecule has 2 fully saturated rings. The molecule has 2 heterocycles. The lowest BCUT2D eigenvalue weighted by Crippen LogP contribution is -2.49. The van der Waals surface area contributed by atoms with Gasteiger partial charge in [-0.2, -0.15) is 0 Å². The van der Waals surface area contributed by atoms with Crippen LogP contribution in [0.2, 0.25) is 0 Å². The third-order valence-electron chi connectivity index (χ3n) is 4.55. The fourth-order valence-electron chi connectivity index (χ4n) is 3.33. The van der Waals surface area contributed by atoms with Crippen molar-refractivity contribution in [1.82, 2.24) is 10.2 Å². The molecule has 2 atom stereocenters. The molecule has 5 nitrogen and oxygen atoms in total. The van der Waals surface area contributed by atoms with Gasteiger partial charge < -0.3 is 19.7 Å². The number of methoxy groups -OCH3 is 1. The van der Waals surface area contributed by atoms with Crippen LogP contribution < -0.4 is 10.1 Å². The Labute approximate surface area is 143 Å². The Kier molecular flexibility index (Phi) is 6.69. The highest BCUT2D eigenvalue weighted by molar-refractivity contribution is 5.85. The van der Waals surface area contributed by atoms with Gasteiger partial charge in [-0.25, -0.2) is 0 Å². The predicted molar refractivity (Wildman–Crippen MR) is 91.1 cm³/mol. The van der Waals surface area contributed by atoms with Crippen molar-refractivity contribution in [3.63, 3.8) is 0 Å². The maximum Gasteiger partial charge on any atom is 0.223 e. The van der Waals surface area contributed by atoms with Crippen molar-refractivity contribution in [3.05, 3.63) is 29.8 Å². The van der Waals surface area contributed by atoms with E-state index in [9.17, 15) is 4.79 Å². The van der Waals surface area contributed by atoms with Gasteiger partial charge in [-0.3, -0.25) is 4.79 Å². The number of benzene rings is 1. The Morgan fingerprint density at radius 1 is 1.43 bits per heavy atom. The Balaban J connectivity index is 0.00000192. The van der Waals surface area contributed by atoms with Crippen molar-refractivity contribution in [2.24, 2.45) is 5.92 Å². The van der Waals surface area contributed by atoms with Gasteiger partial charge in [-0.1, -0.05) is 18.2 Å². The van der Waals surface area contributed by atoms with E-state index in [-0.39, 0.29) is 24.4 Å². The van der Waals surface area contributed by atoms with E-state index in [1.165, 1.54) is 0 Å². The van der Waals surface area contributed by atoms with E-state index in [4.69, 9.17) is 9.47 Å². The van der Waals surface area contributed by atoms with Crippen LogP contribution in [-0.2, 0) is 9.53 Å². The van der Waals surface area contributed by atoms with Crippen molar-refractivity contribution in [2.45, 2.75) is 18.9 Å². The minimum absolute atomic E-state index is 0. The van der Waals surface area contributed by atoms with Crippen molar-refractivity contribution in [3.8, 4) is 5.75 Å². The first-order valence-electron chi connectivity index (χ1n) is 8.00. The minimum atomic E-state index is 0. The third kappa shape index (κ3) is 4.16. The lowest BCUT2D eigenvalue weighted by Gasteiger charge is -2.37. The van der Waals surface area contributed by atoms with Gasteiger partial charge in [0.1, 0.15) is 5.75 Å². The molecule has 0 aromatic heterocycles. The van der Waals surface area contributed by atoms with Gasteiger partial charge in [0.25, 0.3) is 0 Å². The summed E-state index contributed by atoms with van der Waals surface area (Å²) in [6, 6.07) is 8.01. The highest BCUT2D eigenvalue weighted by atomic mass is 35.5. The van der Waals surface area contributed by atoms with Gasteiger partial charge in [-0.15, -0.1) is 12.4 Å². The average molecular weight is 341 g/mol. The van der Waals surface area contributed by atoms with E-state index in [2.05, 4.69) is 11.4 Å². The number of nitrogens with zero attached hydrogens (tertiary/aromatic N) is 1. The highest BCUT2D eigenvalue weighted by Gasteiger charge is 2.31. The van der Waals surface area contributed by atoms with E-state index in [1.807, 2.05) is 23.1 Å². The maximum atomic E-state index is 12.7. The molecule has 0 saturated carbocycles. The predicted octanol–water partition coefficient (Wildman–Crippen LogP) is 2.02. The number of rotatable bonds is 4. The van der Waals surface area contributed by atoms with E-state index in [0.29, 0.717) is 12.3 Å². The molecule has 128 valence electrons. The summed E-state index contributed by atoms with van der Waals surface area (Å²) in [4.78, 5) is 14.7. The first kappa shape index (κ1) is 18.0. The molecule has 2 aliphatic rings. The summed E-state index contributed by atoms with van der Waals surface area (Å²) in [6.45, 7) is 3.87. The summed E-state index contributed by atoms with van der Waals surface area (Å²) in [6.07, 6.45) is 1.59. The molecule has 0 aliphatic carbocycles. The lowest BCUT2D eigenvalue weighted by molar-refractivity contribution is -0.135. The highest BCUT2D eigenvalue weighted by Crippen LogP contribution is 2.31. The van der Waals surface area contributed by atoms with Crippen LogP contribution in [0, 0.1) is 5.92 Å². The molecule has 2 aliphatic heterocycles. The number of hydrogen-bond donors (Lipinski definition) is 1. The molecular formula is C17H25ClN2O3. The first-order valence-corrected chi connectivity index (χ1v) is 8.00. The summed E-state index contributed by atoms with van der Waals surface area (Å²) >= 11 is 0. The van der Waals surface area contributed by atoms with Crippen LogP contribution in [0.1, 0.15) is 24.4 Å². The van der Waals surface area contributed by atoms with Crippen LogP contribution in [0.25, 0.3) is 0 Å². The Hall–Kier alpha value is -1.30.